The summed E-state index contributed by atoms with van der Waals surface area (Å²) in [6.07, 6.45) is 1.33. The highest BCUT2D eigenvalue weighted by Crippen LogP contribution is 2.25. The van der Waals surface area contributed by atoms with Crippen LogP contribution in [0.4, 0.5) is 0 Å². The lowest BCUT2D eigenvalue weighted by Crippen LogP contribution is -2.04. The fourth-order valence-electron chi connectivity index (χ4n) is 5.74. The first-order chi connectivity index (χ1) is 21.7. The Hall–Kier alpha value is -5.67. The Bertz CT molecular complexity index is 2240. The molecule has 3 heteroatoms. The van der Waals surface area contributed by atoms with E-state index in [0.29, 0.717) is 6.42 Å². The van der Waals surface area contributed by atoms with Crippen molar-refractivity contribution < 1.29 is 4.79 Å². The Kier molecular flexibility index (Phi) is 7.59. The highest BCUT2D eigenvalue weighted by atomic mass is 16.1. The number of hydrogen-bond donors (Lipinski definition) is 0. The number of aromatic nitrogens is 2. The molecule has 0 atom stereocenters. The van der Waals surface area contributed by atoms with E-state index in [1.54, 1.807) is 0 Å². The lowest BCUT2D eigenvalue weighted by atomic mass is 9.98. The quantitative estimate of drug-likeness (QED) is 0.154. The smallest absolute Gasteiger partial charge is 0.167 e. The molecular weight excluding hydrogens is 536 g/mol. The minimum absolute atomic E-state index is 0.131. The van der Waals surface area contributed by atoms with Crippen LogP contribution in [-0.4, -0.2) is 15.8 Å². The molecule has 0 aliphatic heterocycles. The second-order valence-electron chi connectivity index (χ2n) is 11.0. The summed E-state index contributed by atoms with van der Waals surface area (Å²) < 4.78 is 0. The van der Waals surface area contributed by atoms with E-state index in [1.807, 2.05) is 72.8 Å². The van der Waals surface area contributed by atoms with Gasteiger partial charge in [0.05, 0.1) is 22.1 Å². The molecule has 0 saturated carbocycles. The average molecular weight is 567 g/mol. The Morgan fingerprint density at radius 2 is 0.932 bits per heavy atom. The van der Waals surface area contributed by atoms with Crippen molar-refractivity contribution in [3.63, 3.8) is 0 Å². The van der Waals surface area contributed by atoms with E-state index in [0.717, 1.165) is 50.4 Å². The number of ketones is 1. The van der Waals surface area contributed by atoms with Crippen molar-refractivity contribution in [2.75, 3.05) is 0 Å². The third-order valence-corrected chi connectivity index (χ3v) is 7.99. The van der Waals surface area contributed by atoms with Crippen molar-refractivity contribution >= 4 is 49.4 Å². The molecule has 0 fully saturated rings. The van der Waals surface area contributed by atoms with Gasteiger partial charge in [-0.2, -0.15) is 0 Å². The van der Waals surface area contributed by atoms with Crippen molar-refractivity contribution in [2.45, 2.75) is 12.8 Å². The Morgan fingerprint density at radius 3 is 1.55 bits per heavy atom. The van der Waals surface area contributed by atoms with E-state index in [1.165, 1.54) is 21.9 Å². The van der Waals surface area contributed by atoms with Gasteiger partial charge in [-0.15, -0.1) is 0 Å². The molecule has 0 spiro atoms. The van der Waals surface area contributed by atoms with Crippen LogP contribution in [0.5, 0.6) is 0 Å². The fraction of sp³-hybridized carbons (Fsp3) is 0.0488. The number of benzene rings is 6. The van der Waals surface area contributed by atoms with Gasteiger partial charge in [-0.25, -0.2) is 9.97 Å². The van der Waals surface area contributed by atoms with E-state index >= 15 is 0 Å². The molecule has 3 nitrogen and oxygen atoms in total. The molecule has 0 aliphatic carbocycles. The maximum absolute atomic E-state index is 12.5. The summed E-state index contributed by atoms with van der Waals surface area (Å²) in [4.78, 5) is 22.0. The highest BCUT2D eigenvalue weighted by molar-refractivity contribution is 6.01. The molecule has 8 rings (SSSR count). The molecule has 0 aliphatic rings. The number of pyridine rings is 2. The molecule has 44 heavy (non-hydrogen) atoms. The summed E-state index contributed by atoms with van der Waals surface area (Å²) in [6.45, 7) is 0. The van der Waals surface area contributed by atoms with Crippen molar-refractivity contribution in [2.24, 2.45) is 0 Å². The highest BCUT2D eigenvalue weighted by Gasteiger charge is 2.11. The van der Waals surface area contributed by atoms with E-state index in [-0.39, 0.29) is 5.78 Å². The number of carbonyl (C=O) groups excluding carboxylic acids is 1. The Labute approximate surface area is 256 Å². The Balaban J connectivity index is 0.000000143. The van der Waals surface area contributed by atoms with Gasteiger partial charge in [0.1, 0.15) is 0 Å². The summed E-state index contributed by atoms with van der Waals surface area (Å²) in [5, 5.41) is 4.60. The molecular formula is C41H30N2O. The minimum atomic E-state index is 0.131. The molecule has 0 unspecified atom stereocenters. The van der Waals surface area contributed by atoms with Crippen LogP contribution in [0.1, 0.15) is 27.0 Å². The van der Waals surface area contributed by atoms with Crippen LogP contribution in [0.15, 0.2) is 158 Å². The SMILES string of the molecule is O=C(Cc1cccc2nc3ccccc3cc12)c1ccccc1.c1ccc(Cc2cccc3nc4ccccc4cc23)cc1. The zero-order valence-electron chi connectivity index (χ0n) is 24.2. The van der Waals surface area contributed by atoms with Gasteiger partial charge in [0.15, 0.2) is 5.78 Å². The van der Waals surface area contributed by atoms with Gasteiger partial charge in [0.25, 0.3) is 0 Å². The summed E-state index contributed by atoms with van der Waals surface area (Å²) in [6, 6.07) is 53.1. The van der Waals surface area contributed by atoms with Gasteiger partial charge in [-0.05, 0) is 59.5 Å². The van der Waals surface area contributed by atoms with Crippen LogP contribution in [0.3, 0.4) is 0 Å². The van der Waals surface area contributed by atoms with Gasteiger partial charge in [0, 0.05) is 33.5 Å². The van der Waals surface area contributed by atoms with Crippen LogP contribution in [0, 0.1) is 0 Å². The number of rotatable bonds is 5. The van der Waals surface area contributed by atoms with Crippen LogP contribution in [0.25, 0.3) is 43.6 Å². The van der Waals surface area contributed by atoms with Crippen molar-refractivity contribution in [3.05, 3.63) is 180 Å². The number of nitrogens with zero attached hydrogens (tertiary/aromatic N) is 2. The first-order valence-corrected chi connectivity index (χ1v) is 14.9. The second kappa shape index (κ2) is 12.3. The van der Waals surface area contributed by atoms with Crippen LogP contribution in [0.2, 0.25) is 0 Å². The Morgan fingerprint density at radius 1 is 0.455 bits per heavy atom. The molecule has 2 aromatic heterocycles. The summed E-state index contributed by atoms with van der Waals surface area (Å²) in [5.41, 5.74) is 8.47. The number of carbonyl (C=O) groups is 1. The van der Waals surface area contributed by atoms with E-state index in [4.69, 9.17) is 9.97 Å². The van der Waals surface area contributed by atoms with E-state index in [9.17, 15) is 4.79 Å². The molecule has 0 amide bonds. The summed E-state index contributed by atoms with van der Waals surface area (Å²) >= 11 is 0. The normalized spacial score (nSPS) is 11.0. The lowest BCUT2D eigenvalue weighted by Gasteiger charge is -2.08. The maximum Gasteiger partial charge on any atom is 0.167 e. The van der Waals surface area contributed by atoms with Crippen molar-refractivity contribution in [3.8, 4) is 0 Å². The topological polar surface area (TPSA) is 42.9 Å². The van der Waals surface area contributed by atoms with Crippen LogP contribution >= 0.6 is 0 Å². The largest absolute Gasteiger partial charge is 0.294 e. The van der Waals surface area contributed by atoms with Crippen molar-refractivity contribution in [1.82, 2.24) is 9.97 Å². The predicted octanol–water partition coefficient (Wildman–Crippen LogP) is 9.79. The molecule has 0 bridgehead atoms. The monoisotopic (exact) mass is 566 g/mol. The minimum Gasteiger partial charge on any atom is -0.294 e. The standard InChI is InChI=1S/C21H15NO.C20H15N/c23-21(15-7-2-1-3-8-15)14-16-10-6-12-20-18(16)13-17-9-4-5-11-19(17)22-20;1-2-7-15(8-3-1)13-16-10-6-12-20-18(16)14-17-9-4-5-11-19(17)21-20/h1-13H,14H2;1-12,14H,13H2. The maximum atomic E-state index is 12.5. The molecule has 8 aromatic rings. The third kappa shape index (κ3) is 5.81. The molecule has 0 radical (unpaired) electrons. The second-order valence-corrected chi connectivity index (χ2v) is 11.0. The number of para-hydroxylation sites is 2. The number of fused-ring (bicyclic) bond motifs is 4. The first-order valence-electron chi connectivity index (χ1n) is 14.9. The molecule has 0 saturated heterocycles. The van der Waals surface area contributed by atoms with Gasteiger partial charge in [-0.3, -0.25) is 4.79 Å². The molecule has 210 valence electrons. The fourth-order valence-corrected chi connectivity index (χ4v) is 5.74. The third-order valence-electron chi connectivity index (χ3n) is 7.99. The van der Waals surface area contributed by atoms with Gasteiger partial charge in [-0.1, -0.05) is 121 Å². The van der Waals surface area contributed by atoms with E-state index < -0.39 is 0 Å². The van der Waals surface area contributed by atoms with Gasteiger partial charge >= 0.3 is 0 Å². The lowest BCUT2D eigenvalue weighted by molar-refractivity contribution is 0.0993. The summed E-state index contributed by atoms with van der Waals surface area (Å²) in [7, 11) is 0. The number of Topliss-reactive ketones (excluding diaryl/α,β-unsaturated/α-hetero) is 1. The van der Waals surface area contributed by atoms with Crippen LogP contribution < -0.4 is 0 Å². The zero-order valence-corrected chi connectivity index (χ0v) is 24.2. The predicted molar refractivity (Wildman–Crippen MR) is 182 cm³/mol. The zero-order chi connectivity index (χ0) is 29.7. The number of hydrogen-bond acceptors (Lipinski definition) is 3. The molecule has 6 aromatic carbocycles. The van der Waals surface area contributed by atoms with E-state index in [2.05, 4.69) is 84.9 Å². The first kappa shape index (κ1) is 27.2. The van der Waals surface area contributed by atoms with Crippen LogP contribution in [-0.2, 0) is 12.8 Å². The molecule has 2 heterocycles. The summed E-state index contributed by atoms with van der Waals surface area (Å²) in [5.74, 6) is 0.131. The average Bonchev–Trinajstić information content (AvgIpc) is 3.08. The van der Waals surface area contributed by atoms with Gasteiger partial charge < -0.3 is 0 Å². The van der Waals surface area contributed by atoms with Crippen molar-refractivity contribution in [1.29, 1.82) is 0 Å². The van der Waals surface area contributed by atoms with Gasteiger partial charge in [0.2, 0.25) is 0 Å². The molecule has 0 N–H and O–H groups in total.